The Morgan fingerprint density at radius 1 is 1.06 bits per heavy atom. The lowest BCUT2D eigenvalue weighted by atomic mass is 10.2. The van der Waals surface area contributed by atoms with Gasteiger partial charge in [0.05, 0.1) is 6.10 Å². The molecule has 1 aromatic carbocycles. The molecule has 2 N–H and O–H groups in total. The molecule has 18 heavy (non-hydrogen) atoms. The van der Waals surface area contributed by atoms with Gasteiger partial charge in [-0.3, -0.25) is 0 Å². The summed E-state index contributed by atoms with van der Waals surface area (Å²) in [4.78, 5) is 0. The van der Waals surface area contributed by atoms with Crippen LogP contribution in [0.4, 0.5) is 5.69 Å². The Balaban J connectivity index is 2.18. The Kier molecular flexibility index (Phi) is 7.26. The van der Waals surface area contributed by atoms with Crippen molar-refractivity contribution in [3.8, 4) is 5.75 Å². The van der Waals surface area contributed by atoms with Gasteiger partial charge in [-0.2, -0.15) is 0 Å². The van der Waals surface area contributed by atoms with E-state index >= 15 is 0 Å². The molecular weight excluding hydrogens is 226 g/mol. The van der Waals surface area contributed by atoms with E-state index in [-0.39, 0.29) is 6.10 Å². The first-order valence-corrected chi connectivity index (χ1v) is 6.84. The zero-order valence-corrected chi connectivity index (χ0v) is 11.5. The van der Waals surface area contributed by atoms with Gasteiger partial charge in [0.1, 0.15) is 5.75 Å². The van der Waals surface area contributed by atoms with Crippen molar-refractivity contribution in [3.63, 3.8) is 0 Å². The van der Waals surface area contributed by atoms with Crippen LogP contribution in [0.1, 0.15) is 39.5 Å². The summed E-state index contributed by atoms with van der Waals surface area (Å²) in [5.74, 6) is 0.915. The molecule has 0 aliphatic heterocycles. The molecule has 3 nitrogen and oxygen atoms in total. The molecule has 0 radical (unpaired) electrons. The van der Waals surface area contributed by atoms with E-state index < -0.39 is 0 Å². The summed E-state index contributed by atoms with van der Waals surface area (Å²) in [6.45, 7) is 5.34. The third kappa shape index (κ3) is 6.50. The van der Waals surface area contributed by atoms with E-state index in [0.717, 1.165) is 37.2 Å². The van der Waals surface area contributed by atoms with E-state index in [2.05, 4.69) is 5.32 Å². The van der Waals surface area contributed by atoms with Crippen LogP contribution in [0.3, 0.4) is 0 Å². The first kappa shape index (κ1) is 14.8. The number of unbranched alkanes of at least 4 members (excludes halogenated alkanes) is 3. The molecule has 0 saturated carbocycles. The molecule has 102 valence electrons. The molecule has 0 fully saturated rings. The Morgan fingerprint density at radius 3 is 2.33 bits per heavy atom. The molecule has 0 aliphatic rings. The van der Waals surface area contributed by atoms with Crippen LogP contribution in [0.5, 0.6) is 5.75 Å². The zero-order valence-electron chi connectivity index (χ0n) is 11.5. The molecule has 0 atom stereocenters. The van der Waals surface area contributed by atoms with Gasteiger partial charge in [0.15, 0.2) is 0 Å². The summed E-state index contributed by atoms with van der Waals surface area (Å²) in [5, 5.41) is 12.0. The summed E-state index contributed by atoms with van der Waals surface area (Å²) in [6.07, 6.45) is 4.56. The molecule has 0 saturated heterocycles. The van der Waals surface area contributed by atoms with Gasteiger partial charge in [-0.05, 0) is 51.0 Å². The average molecular weight is 251 g/mol. The van der Waals surface area contributed by atoms with Crippen molar-refractivity contribution in [2.75, 3.05) is 18.5 Å². The Hall–Kier alpha value is -1.22. The van der Waals surface area contributed by atoms with Gasteiger partial charge in [-0.25, -0.2) is 0 Å². The van der Waals surface area contributed by atoms with E-state index in [1.54, 1.807) is 0 Å². The van der Waals surface area contributed by atoms with Crippen molar-refractivity contribution < 1.29 is 9.84 Å². The molecule has 0 bridgehead atoms. The highest BCUT2D eigenvalue weighted by atomic mass is 16.5. The van der Waals surface area contributed by atoms with Gasteiger partial charge < -0.3 is 15.2 Å². The minimum absolute atomic E-state index is 0.218. The zero-order chi connectivity index (χ0) is 13.2. The van der Waals surface area contributed by atoms with Crippen LogP contribution in [0.25, 0.3) is 0 Å². The van der Waals surface area contributed by atoms with Crippen molar-refractivity contribution in [2.45, 2.75) is 45.6 Å². The van der Waals surface area contributed by atoms with Crippen LogP contribution in [-0.4, -0.2) is 24.4 Å². The Morgan fingerprint density at radius 2 is 1.72 bits per heavy atom. The van der Waals surface area contributed by atoms with Gasteiger partial charge in [0.25, 0.3) is 0 Å². The quantitative estimate of drug-likeness (QED) is 0.661. The standard InChI is InChI=1S/C15H25NO2/c1-13(2)18-15-9-7-14(8-10-15)16-11-5-3-4-6-12-17/h7-10,13,16-17H,3-6,11-12H2,1-2H3. The molecule has 0 aliphatic carbocycles. The predicted octanol–water partition coefficient (Wildman–Crippen LogP) is 3.44. The van der Waals surface area contributed by atoms with Gasteiger partial charge in [-0.1, -0.05) is 12.8 Å². The van der Waals surface area contributed by atoms with E-state index in [9.17, 15) is 0 Å². The fourth-order valence-corrected chi connectivity index (χ4v) is 1.75. The number of hydrogen-bond acceptors (Lipinski definition) is 3. The maximum Gasteiger partial charge on any atom is 0.119 e. The third-order valence-corrected chi connectivity index (χ3v) is 2.64. The lowest BCUT2D eigenvalue weighted by Gasteiger charge is -2.11. The molecule has 0 aromatic heterocycles. The minimum atomic E-state index is 0.218. The molecule has 3 heteroatoms. The lowest BCUT2D eigenvalue weighted by Crippen LogP contribution is -2.05. The number of nitrogens with one attached hydrogen (secondary N) is 1. The highest BCUT2D eigenvalue weighted by molar-refractivity contribution is 5.46. The molecule has 0 amide bonds. The fourth-order valence-electron chi connectivity index (χ4n) is 1.75. The van der Waals surface area contributed by atoms with E-state index in [0.29, 0.717) is 6.61 Å². The Bertz CT molecular complexity index is 309. The molecule has 1 aromatic rings. The van der Waals surface area contributed by atoms with E-state index in [4.69, 9.17) is 9.84 Å². The normalized spacial score (nSPS) is 10.7. The fraction of sp³-hybridized carbons (Fsp3) is 0.600. The smallest absolute Gasteiger partial charge is 0.119 e. The van der Waals surface area contributed by atoms with Gasteiger partial charge in [0, 0.05) is 18.8 Å². The average Bonchev–Trinajstić information content (AvgIpc) is 2.35. The van der Waals surface area contributed by atoms with Crippen molar-refractivity contribution >= 4 is 5.69 Å². The number of rotatable bonds is 9. The summed E-state index contributed by atoms with van der Waals surface area (Å²) in [5.41, 5.74) is 1.13. The predicted molar refractivity (Wildman–Crippen MR) is 76.2 cm³/mol. The van der Waals surface area contributed by atoms with Crippen molar-refractivity contribution in [1.82, 2.24) is 0 Å². The largest absolute Gasteiger partial charge is 0.491 e. The molecule has 0 unspecified atom stereocenters. The highest BCUT2D eigenvalue weighted by Crippen LogP contribution is 2.16. The van der Waals surface area contributed by atoms with E-state index in [1.165, 1.54) is 6.42 Å². The lowest BCUT2D eigenvalue weighted by molar-refractivity contribution is 0.242. The van der Waals surface area contributed by atoms with Crippen LogP contribution in [0.2, 0.25) is 0 Å². The van der Waals surface area contributed by atoms with E-state index in [1.807, 2.05) is 38.1 Å². The molecular formula is C15H25NO2. The summed E-state index contributed by atoms with van der Waals surface area (Å²) in [6, 6.07) is 8.08. The van der Waals surface area contributed by atoms with Crippen molar-refractivity contribution in [1.29, 1.82) is 0 Å². The second-order valence-electron chi connectivity index (χ2n) is 4.76. The summed E-state index contributed by atoms with van der Waals surface area (Å²) < 4.78 is 5.59. The van der Waals surface area contributed by atoms with Crippen LogP contribution in [0, 0.1) is 0 Å². The summed E-state index contributed by atoms with van der Waals surface area (Å²) in [7, 11) is 0. The van der Waals surface area contributed by atoms with Gasteiger partial charge >= 0.3 is 0 Å². The van der Waals surface area contributed by atoms with Gasteiger partial charge in [-0.15, -0.1) is 0 Å². The number of aliphatic hydroxyl groups is 1. The van der Waals surface area contributed by atoms with Crippen LogP contribution >= 0.6 is 0 Å². The third-order valence-electron chi connectivity index (χ3n) is 2.64. The first-order valence-electron chi connectivity index (χ1n) is 6.84. The summed E-state index contributed by atoms with van der Waals surface area (Å²) >= 11 is 0. The topological polar surface area (TPSA) is 41.5 Å². The molecule has 0 heterocycles. The van der Waals surface area contributed by atoms with Crippen molar-refractivity contribution in [3.05, 3.63) is 24.3 Å². The van der Waals surface area contributed by atoms with Crippen LogP contribution in [-0.2, 0) is 0 Å². The second-order valence-corrected chi connectivity index (χ2v) is 4.76. The van der Waals surface area contributed by atoms with Gasteiger partial charge in [0.2, 0.25) is 0 Å². The van der Waals surface area contributed by atoms with Crippen molar-refractivity contribution in [2.24, 2.45) is 0 Å². The Labute approximate surface area is 110 Å². The van der Waals surface area contributed by atoms with Crippen LogP contribution < -0.4 is 10.1 Å². The maximum absolute atomic E-state index is 8.66. The second kappa shape index (κ2) is 8.81. The molecule has 1 rings (SSSR count). The first-order chi connectivity index (χ1) is 8.72. The number of anilines is 1. The van der Waals surface area contributed by atoms with Crippen LogP contribution in [0.15, 0.2) is 24.3 Å². The minimum Gasteiger partial charge on any atom is -0.491 e. The maximum atomic E-state index is 8.66. The number of ether oxygens (including phenoxy) is 1. The number of hydrogen-bond donors (Lipinski definition) is 2. The number of benzene rings is 1. The highest BCUT2D eigenvalue weighted by Gasteiger charge is 1.97. The number of aliphatic hydroxyl groups excluding tert-OH is 1. The molecule has 0 spiro atoms. The SMILES string of the molecule is CC(C)Oc1ccc(NCCCCCCO)cc1. The monoisotopic (exact) mass is 251 g/mol.